The Morgan fingerprint density at radius 1 is 1.15 bits per heavy atom. The number of nitrogens with zero attached hydrogens (tertiary/aromatic N) is 1. The molecule has 1 aromatic rings. The quantitative estimate of drug-likeness (QED) is 0.892. The standard InChI is InChI=1S/C15H24N2O3/c1-5-11-10-16-6-7-17(11)12-8-13(18-2)15(20-4)14(9-12)19-3/h8-9,11,16H,5-7,10H2,1-4H3. The normalized spacial score (nSPS) is 18.8. The van der Waals surface area contributed by atoms with Crippen LogP contribution in [0.3, 0.4) is 0 Å². The van der Waals surface area contributed by atoms with E-state index in [1.807, 2.05) is 12.1 Å². The third-order valence-corrected chi connectivity index (χ3v) is 3.80. The third-order valence-electron chi connectivity index (χ3n) is 3.80. The summed E-state index contributed by atoms with van der Waals surface area (Å²) in [5.41, 5.74) is 1.12. The fraction of sp³-hybridized carbons (Fsp3) is 0.600. The number of methoxy groups -OCH3 is 3. The second-order valence-electron chi connectivity index (χ2n) is 4.84. The van der Waals surface area contributed by atoms with Crippen molar-refractivity contribution in [1.29, 1.82) is 0 Å². The van der Waals surface area contributed by atoms with E-state index in [0.717, 1.165) is 31.7 Å². The highest BCUT2D eigenvalue weighted by Gasteiger charge is 2.23. The molecule has 20 heavy (non-hydrogen) atoms. The van der Waals surface area contributed by atoms with E-state index in [-0.39, 0.29) is 0 Å². The van der Waals surface area contributed by atoms with Gasteiger partial charge in [0.05, 0.1) is 21.3 Å². The molecular weight excluding hydrogens is 256 g/mol. The number of hydrogen-bond donors (Lipinski definition) is 1. The maximum atomic E-state index is 5.43. The number of ether oxygens (including phenoxy) is 3. The van der Waals surface area contributed by atoms with Crippen LogP contribution in [-0.2, 0) is 0 Å². The van der Waals surface area contributed by atoms with Gasteiger partial charge >= 0.3 is 0 Å². The Balaban J connectivity index is 2.40. The zero-order valence-electron chi connectivity index (χ0n) is 12.7. The van der Waals surface area contributed by atoms with E-state index in [2.05, 4.69) is 17.1 Å². The first kappa shape index (κ1) is 14.8. The van der Waals surface area contributed by atoms with Gasteiger partial charge in [0.1, 0.15) is 0 Å². The van der Waals surface area contributed by atoms with Crippen LogP contribution in [0.4, 0.5) is 5.69 Å². The SMILES string of the molecule is CCC1CNCCN1c1cc(OC)c(OC)c(OC)c1. The summed E-state index contributed by atoms with van der Waals surface area (Å²) in [6, 6.07) is 4.54. The van der Waals surface area contributed by atoms with Crippen molar-refractivity contribution in [2.75, 3.05) is 45.9 Å². The van der Waals surface area contributed by atoms with E-state index in [1.165, 1.54) is 0 Å². The maximum Gasteiger partial charge on any atom is 0.203 e. The van der Waals surface area contributed by atoms with Crippen LogP contribution in [0.1, 0.15) is 13.3 Å². The molecule has 1 atom stereocenters. The largest absolute Gasteiger partial charge is 0.493 e. The fourth-order valence-electron chi connectivity index (χ4n) is 2.70. The Hall–Kier alpha value is -1.62. The van der Waals surface area contributed by atoms with Gasteiger partial charge in [-0.25, -0.2) is 0 Å². The Bertz CT molecular complexity index is 426. The van der Waals surface area contributed by atoms with Gasteiger partial charge in [0.15, 0.2) is 11.5 Å². The molecule has 0 spiro atoms. The van der Waals surface area contributed by atoms with Crippen LogP contribution in [0.5, 0.6) is 17.2 Å². The number of benzene rings is 1. The topological polar surface area (TPSA) is 43.0 Å². The zero-order valence-corrected chi connectivity index (χ0v) is 12.7. The van der Waals surface area contributed by atoms with Crippen LogP contribution in [0.25, 0.3) is 0 Å². The molecule has 1 aliphatic rings. The summed E-state index contributed by atoms with van der Waals surface area (Å²) in [7, 11) is 4.92. The maximum absolute atomic E-state index is 5.43. The molecule has 1 heterocycles. The fourth-order valence-corrected chi connectivity index (χ4v) is 2.70. The smallest absolute Gasteiger partial charge is 0.203 e. The lowest BCUT2D eigenvalue weighted by molar-refractivity contribution is 0.324. The molecular formula is C15H24N2O3. The van der Waals surface area contributed by atoms with Crippen LogP contribution < -0.4 is 24.4 Å². The molecule has 112 valence electrons. The second-order valence-corrected chi connectivity index (χ2v) is 4.84. The second kappa shape index (κ2) is 6.70. The minimum atomic E-state index is 0.492. The van der Waals surface area contributed by atoms with Gasteiger partial charge in [-0.1, -0.05) is 6.92 Å². The van der Waals surface area contributed by atoms with Crippen molar-refractivity contribution in [3.8, 4) is 17.2 Å². The van der Waals surface area contributed by atoms with Crippen LogP contribution in [-0.4, -0.2) is 47.0 Å². The molecule has 0 bridgehead atoms. The van der Waals surface area contributed by atoms with E-state index in [1.54, 1.807) is 21.3 Å². The first-order valence-corrected chi connectivity index (χ1v) is 7.02. The highest BCUT2D eigenvalue weighted by atomic mass is 16.5. The van der Waals surface area contributed by atoms with Crippen LogP contribution >= 0.6 is 0 Å². The Kier molecular flexibility index (Phi) is 4.95. The van der Waals surface area contributed by atoms with E-state index < -0.39 is 0 Å². The van der Waals surface area contributed by atoms with Crippen LogP contribution in [0.15, 0.2) is 12.1 Å². The zero-order chi connectivity index (χ0) is 14.5. The molecule has 1 aromatic carbocycles. The molecule has 0 aliphatic carbocycles. The first-order chi connectivity index (χ1) is 9.74. The minimum absolute atomic E-state index is 0.492. The van der Waals surface area contributed by atoms with E-state index in [0.29, 0.717) is 23.3 Å². The first-order valence-electron chi connectivity index (χ1n) is 7.02. The van der Waals surface area contributed by atoms with Gasteiger partial charge in [-0.3, -0.25) is 0 Å². The molecule has 1 fully saturated rings. The molecule has 0 radical (unpaired) electrons. The number of nitrogens with one attached hydrogen (secondary N) is 1. The summed E-state index contributed by atoms with van der Waals surface area (Å²) < 4.78 is 16.2. The van der Waals surface area contributed by atoms with Crippen molar-refractivity contribution < 1.29 is 14.2 Å². The monoisotopic (exact) mass is 280 g/mol. The number of anilines is 1. The highest BCUT2D eigenvalue weighted by Crippen LogP contribution is 2.41. The summed E-state index contributed by atoms with van der Waals surface area (Å²) in [4.78, 5) is 2.40. The van der Waals surface area contributed by atoms with Gasteiger partial charge in [-0.15, -0.1) is 0 Å². The van der Waals surface area contributed by atoms with Crippen LogP contribution in [0, 0.1) is 0 Å². The van der Waals surface area contributed by atoms with Gasteiger partial charge in [0, 0.05) is 43.5 Å². The van der Waals surface area contributed by atoms with Crippen molar-refractivity contribution in [3.05, 3.63) is 12.1 Å². The van der Waals surface area contributed by atoms with Crippen molar-refractivity contribution in [2.45, 2.75) is 19.4 Å². The molecule has 1 aliphatic heterocycles. The number of rotatable bonds is 5. The van der Waals surface area contributed by atoms with Crippen molar-refractivity contribution >= 4 is 5.69 Å². The Labute approximate surface area is 120 Å². The molecule has 1 N–H and O–H groups in total. The average Bonchev–Trinajstić information content (AvgIpc) is 2.53. The van der Waals surface area contributed by atoms with Gasteiger partial charge in [-0.05, 0) is 6.42 Å². The molecule has 0 aromatic heterocycles. The van der Waals surface area contributed by atoms with E-state index >= 15 is 0 Å². The highest BCUT2D eigenvalue weighted by molar-refractivity contribution is 5.64. The van der Waals surface area contributed by atoms with Crippen molar-refractivity contribution in [3.63, 3.8) is 0 Å². The summed E-state index contributed by atoms with van der Waals surface area (Å²) >= 11 is 0. The van der Waals surface area contributed by atoms with Gasteiger partial charge in [0.25, 0.3) is 0 Å². The molecule has 0 amide bonds. The number of hydrogen-bond acceptors (Lipinski definition) is 5. The Morgan fingerprint density at radius 2 is 1.80 bits per heavy atom. The molecule has 2 rings (SSSR count). The molecule has 1 saturated heterocycles. The molecule has 0 saturated carbocycles. The average molecular weight is 280 g/mol. The summed E-state index contributed by atoms with van der Waals surface area (Å²) in [5, 5.41) is 3.44. The van der Waals surface area contributed by atoms with Gasteiger partial charge in [-0.2, -0.15) is 0 Å². The van der Waals surface area contributed by atoms with Gasteiger partial charge < -0.3 is 24.4 Å². The van der Waals surface area contributed by atoms with Gasteiger partial charge in [0.2, 0.25) is 5.75 Å². The van der Waals surface area contributed by atoms with Crippen molar-refractivity contribution in [1.82, 2.24) is 5.32 Å². The lowest BCUT2D eigenvalue weighted by Gasteiger charge is -2.38. The summed E-state index contributed by atoms with van der Waals surface area (Å²) in [6.07, 6.45) is 1.10. The van der Waals surface area contributed by atoms with Crippen LogP contribution in [0.2, 0.25) is 0 Å². The summed E-state index contributed by atoms with van der Waals surface area (Å²) in [6.45, 7) is 5.19. The predicted octanol–water partition coefficient (Wildman–Crippen LogP) is 1.90. The summed E-state index contributed by atoms with van der Waals surface area (Å²) in [5.74, 6) is 2.05. The van der Waals surface area contributed by atoms with E-state index in [9.17, 15) is 0 Å². The third kappa shape index (κ3) is 2.77. The molecule has 5 heteroatoms. The Morgan fingerprint density at radius 3 is 2.30 bits per heavy atom. The minimum Gasteiger partial charge on any atom is -0.493 e. The predicted molar refractivity (Wildman–Crippen MR) is 80.4 cm³/mol. The lowest BCUT2D eigenvalue weighted by atomic mass is 10.1. The molecule has 1 unspecified atom stereocenters. The van der Waals surface area contributed by atoms with Crippen molar-refractivity contribution in [2.24, 2.45) is 0 Å². The lowest BCUT2D eigenvalue weighted by Crippen LogP contribution is -2.51. The molecule has 5 nitrogen and oxygen atoms in total. The number of piperazine rings is 1. The van der Waals surface area contributed by atoms with E-state index in [4.69, 9.17) is 14.2 Å².